The van der Waals surface area contributed by atoms with Crippen molar-refractivity contribution in [1.29, 1.82) is 0 Å². The number of thiazole rings is 1. The van der Waals surface area contributed by atoms with E-state index >= 15 is 0 Å². The minimum absolute atomic E-state index is 0.0554. The molecule has 3 rings (SSSR count). The monoisotopic (exact) mass is 276 g/mol. The molecule has 1 fully saturated rings. The van der Waals surface area contributed by atoms with E-state index in [1.54, 1.807) is 23.6 Å². The van der Waals surface area contributed by atoms with E-state index in [9.17, 15) is 4.79 Å². The highest BCUT2D eigenvalue weighted by molar-refractivity contribution is 7.09. The van der Waals surface area contributed by atoms with Crippen molar-refractivity contribution in [2.45, 2.75) is 25.3 Å². The molecule has 5 nitrogen and oxygen atoms in total. The van der Waals surface area contributed by atoms with Gasteiger partial charge in [0, 0.05) is 36.8 Å². The fourth-order valence-corrected chi connectivity index (χ4v) is 2.71. The molecule has 0 spiro atoms. The van der Waals surface area contributed by atoms with Gasteiger partial charge in [0.2, 0.25) is 0 Å². The van der Waals surface area contributed by atoms with E-state index in [4.69, 9.17) is 5.73 Å². The standard InChI is InChI=1S/C13H16N4OS/c14-9-7-11(17(8-9)10-1-2-10)13(18)16-4-3-12-15-5-6-19-12/h5-8,10H,1-4,14H2,(H,16,18). The van der Waals surface area contributed by atoms with E-state index in [1.807, 2.05) is 16.1 Å². The lowest BCUT2D eigenvalue weighted by atomic mass is 10.3. The van der Waals surface area contributed by atoms with Gasteiger partial charge in [-0.25, -0.2) is 4.98 Å². The summed E-state index contributed by atoms with van der Waals surface area (Å²) >= 11 is 1.60. The number of nitrogens with zero attached hydrogens (tertiary/aromatic N) is 2. The van der Waals surface area contributed by atoms with Crippen LogP contribution in [0.25, 0.3) is 0 Å². The average Bonchev–Trinajstić information content (AvgIpc) is 2.96. The van der Waals surface area contributed by atoms with Gasteiger partial charge in [-0.1, -0.05) is 0 Å². The van der Waals surface area contributed by atoms with Crippen molar-refractivity contribution in [1.82, 2.24) is 14.9 Å². The van der Waals surface area contributed by atoms with E-state index in [0.717, 1.165) is 24.3 Å². The zero-order valence-corrected chi connectivity index (χ0v) is 11.3. The number of nitrogen functional groups attached to an aromatic ring is 1. The second-order valence-electron chi connectivity index (χ2n) is 4.73. The molecule has 6 heteroatoms. The molecule has 0 bridgehead atoms. The van der Waals surface area contributed by atoms with Gasteiger partial charge in [-0.3, -0.25) is 4.79 Å². The van der Waals surface area contributed by atoms with Crippen LogP contribution in [-0.2, 0) is 6.42 Å². The van der Waals surface area contributed by atoms with Crippen molar-refractivity contribution >= 4 is 22.9 Å². The maximum Gasteiger partial charge on any atom is 0.268 e. The predicted octanol–water partition coefficient (Wildman–Crippen LogP) is 1.83. The van der Waals surface area contributed by atoms with E-state index in [2.05, 4.69) is 10.3 Å². The van der Waals surface area contributed by atoms with Crippen LogP contribution in [-0.4, -0.2) is 22.0 Å². The van der Waals surface area contributed by atoms with Crippen LogP contribution in [0.15, 0.2) is 23.8 Å². The fraction of sp³-hybridized carbons (Fsp3) is 0.385. The van der Waals surface area contributed by atoms with Gasteiger partial charge in [0.1, 0.15) is 5.69 Å². The summed E-state index contributed by atoms with van der Waals surface area (Å²) in [5.74, 6) is -0.0554. The molecule has 2 aromatic rings. The molecule has 19 heavy (non-hydrogen) atoms. The molecule has 1 amide bonds. The lowest BCUT2D eigenvalue weighted by Crippen LogP contribution is -2.27. The van der Waals surface area contributed by atoms with Crippen molar-refractivity contribution < 1.29 is 4.79 Å². The molecular formula is C13H16N4OS. The molecule has 100 valence electrons. The van der Waals surface area contributed by atoms with Crippen molar-refractivity contribution in [2.75, 3.05) is 12.3 Å². The predicted molar refractivity (Wildman–Crippen MR) is 75.3 cm³/mol. The highest BCUT2D eigenvalue weighted by Gasteiger charge is 2.27. The average molecular weight is 276 g/mol. The van der Waals surface area contributed by atoms with Gasteiger partial charge in [-0.15, -0.1) is 11.3 Å². The summed E-state index contributed by atoms with van der Waals surface area (Å²) < 4.78 is 1.99. The smallest absolute Gasteiger partial charge is 0.268 e. The summed E-state index contributed by atoms with van der Waals surface area (Å²) in [6.45, 7) is 0.599. The van der Waals surface area contributed by atoms with Gasteiger partial charge >= 0.3 is 0 Å². The van der Waals surface area contributed by atoms with Crippen LogP contribution in [0.1, 0.15) is 34.4 Å². The lowest BCUT2D eigenvalue weighted by Gasteiger charge is -2.07. The molecule has 1 saturated carbocycles. The molecule has 3 N–H and O–H groups in total. The van der Waals surface area contributed by atoms with E-state index in [0.29, 0.717) is 24.0 Å². The highest BCUT2D eigenvalue weighted by Crippen LogP contribution is 2.37. The highest BCUT2D eigenvalue weighted by atomic mass is 32.1. The Bertz CT molecular complexity index is 571. The van der Waals surface area contributed by atoms with Gasteiger partial charge in [0.05, 0.1) is 10.7 Å². The molecule has 2 aromatic heterocycles. The van der Waals surface area contributed by atoms with Crippen LogP contribution in [0.2, 0.25) is 0 Å². The number of aromatic nitrogens is 2. The van der Waals surface area contributed by atoms with Crippen LogP contribution in [0.3, 0.4) is 0 Å². The van der Waals surface area contributed by atoms with Crippen LogP contribution in [0, 0.1) is 0 Å². The number of amides is 1. The van der Waals surface area contributed by atoms with Gasteiger partial charge in [0.25, 0.3) is 5.91 Å². The Morgan fingerprint density at radius 1 is 1.58 bits per heavy atom. The van der Waals surface area contributed by atoms with Crippen LogP contribution >= 0.6 is 11.3 Å². The second kappa shape index (κ2) is 5.05. The Labute approximate surface area is 115 Å². The molecule has 0 aromatic carbocycles. The van der Waals surface area contributed by atoms with Gasteiger partial charge < -0.3 is 15.6 Å². The topological polar surface area (TPSA) is 72.9 Å². The van der Waals surface area contributed by atoms with Gasteiger partial charge in [0.15, 0.2) is 0 Å². The number of carbonyl (C=O) groups excluding carboxylic acids is 1. The van der Waals surface area contributed by atoms with E-state index < -0.39 is 0 Å². The van der Waals surface area contributed by atoms with Crippen molar-refractivity contribution in [2.24, 2.45) is 0 Å². The van der Waals surface area contributed by atoms with Crippen molar-refractivity contribution in [3.8, 4) is 0 Å². The Hall–Kier alpha value is -1.82. The second-order valence-corrected chi connectivity index (χ2v) is 5.71. The van der Waals surface area contributed by atoms with Crippen LogP contribution in [0.5, 0.6) is 0 Å². The zero-order valence-electron chi connectivity index (χ0n) is 10.5. The Morgan fingerprint density at radius 3 is 3.11 bits per heavy atom. The third-order valence-electron chi connectivity index (χ3n) is 3.15. The summed E-state index contributed by atoms with van der Waals surface area (Å²) in [6, 6.07) is 2.20. The Balaban J connectivity index is 1.60. The van der Waals surface area contributed by atoms with Gasteiger partial charge in [-0.2, -0.15) is 0 Å². The minimum atomic E-state index is -0.0554. The summed E-state index contributed by atoms with van der Waals surface area (Å²) in [5.41, 5.74) is 7.10. The van der Waals surface area contributed by atoms with Crippen molar-refractivity contribution in [3.05, 3.63) is 34.5 Å². The first-order valence-electron chi connectivity index (χ1n) is 6.38. The molecule has 0 unspecified atom stereocenters. The number of carbonyl (C=O) groups is 1. The summed E-state index contributed by atoms with van der Waals surface area (Å²) in [7, 11) is 0. The maximum absolute atomic E-state index is 12.1. The van der Waals surface area contributed by atoms with Crippen LogP contribution in [0.4, 0.5) is 5.69 Å². The molecular weight excluding hydrogens is 260 g/mol. The third kappa shape index (κ3) is 2.78. The molecule has 2 heterocycles. The number of hydrogen-bond donors (Lipinski definition) is 2. The van der Waals surface area contributed by atoms with E-state index in [-0.39, 0.29) is 5.91 Å². The number of anilines is 1. The lowest BCUT2D eigenvalue weighted by molar-refractivity contribution is 0.0944. The molecule has 0 saturated heterocycles. The SMILES string of the molecule is Nc1cc(C(=O)NCCc2nccs2)n(C2CC2)c1. The normalized spacial score (nSPS) is 14.5. The Morgan fingerprint density at radius 2 is 2.42 bits per heavy atom. The molecule has 0 atom stereocenters. The summed E-state index contributed by atoms with van der Waals surface area (Å²) in [5, 5.41) is 5.90. The quantitative estimate of drug-likeness (QED) is 0.875. The first kappa shape index (κ1) is 12.2. The number of nitrogens with two attached hydrogens (primary N) is 1. The third-order valence-corrected chi connectivity index (χ3v) is 3.99. The maximum atomic E-state index is 12.1. The largest absolute Gasteiger partial charge is 0.397 e. The first-order chi connectivity index (χ1) is 9.24. The molecule has 0 aliphatic heterocycles. The van der Waals surface area contributed by atoms with E-state index in [1.165, 1.54) is 0 Å². The summed E-state index contributed by atoms with van der Waals surface area (Å²) in [4.78, 5) is 16.3. The molecule has 0 radical (unpaired) electrons. The number of nitrogens with one attached hydrogen (secondary N) is 1. The van der Waals surface area contributed by atoms with Crippen LogP contribution < -0.4 is 11.1 Å². The van der Waals surface area contributed by atoms with Gasteiger partial charge in [-0.05, 0) is 18.9 Å². The Kier molecular flexibility index (Phi) is 3.25. The van der Waals surface area contributed by atoms with Crippen molar-refractivity contribution in [3.63, 3.8) is 0 Å². The first-order valence-corrected chi connectivity index (χ1v) is 7.26. The number of rotatable bonds is 5. The zero-order chi connectivity index (χ0) is 13.2. The minimum Gasteiger partial charge on any atom is -0.397 e. The molecule has 1 aliphatic carbocycles. The summed E-state index contributed by atoms with van der Waals surface area (Å²) in [6.07, 6.45) is 6.66. The fourth-order valence-electron chi connectivity index (χ4n) is 2.09. The molecule has 1 aliphatic rings. The number of hydrogen-bond acceptors (Lipinski definition) is 4.